The van der Waals surface area contributed by atoms with Crippen molar-refractivity contribution >= 4 is 0 Å². The van der Waals surface area contributed by atoms with Crippen molar-refractivity contribution in [1.82, 2.24) is 5.32 Å². The molecule has 0 radical (unpaired) electrons. The molecule has 0 heterocycles. The zero-order valence-electron chi connectivity index (χ0n) is 11.9. The number of rotatable bonds is 10. The summed E-state index contributed by atoms with van der Waals surface area (Å²) in [6.45, 7) is 10.5. The Labute approximate surface area is 106 Å². The van der Waals surface area contributed by atoms with Crippen molar-refractivity contribution in [2.24, 2.45) is 0 Å². The molecule has 2 atom stereocenters. The van der Waals surface area contributed by atoms with Crippen LogP contribution < -0.4 is 5.32 Å². The van der Waals surface area contributed by atoms with Gasteiger partial charge in [0.05, 0.1) is 24.4 Å². The van der Waals surface area contributed by atoms with Gasteiger partial charge in [0, 0.05) is 0 Å². The summed E-state index contributed by atoms with van der Waals surface area (Å²) in [7, 11) is 0. The first-order chi connectivity index (χ1) is 8.11. The summed E-state index contributed by atoms with van der Waals surface area (Å²) in [6, 6.07) is 0. The largest absolute Gasteiger partial charge is 0.376 e. The molecular weight excluding hydrogens is 214 g/mol. The Kier molecular flexibility index (Phi) is 7.09. The lowest BCUT2D eigenvalue weighted by Crippen LogP contribution is -2.28. The topological polar surface area (TPSA) is 30.5 Å². The molecule has 0 aromatic heterocycles. The van der Waals surface area contributed by atoms with E-state index in [9.17, 15) is 0 Å². The van der Waals surface area contributed by atoms with Crippen LogP contribution in [0.2, 0.25) is 0 Å². The molecule has 3 nitrogen and oxygen atoms in total. The molecule has 0 amide bonds. The second-order valence-electron chi connectivity index (χ2n) is 5.33. The molecule has 0 aromatic rings. The van der Waals surface area contributed by atoms with Crippen LogP contribution in [0.3, 0.4) is 0 Å². The second-order valence-corrected chi connectivity index (χ2v) is 5.33. The molecule has 3 heteroatoms. The van der Waals surface area contributed by atoms with Crippen molar-refractivity contribution in [2.75, 3.05) is 13.1 Å². The van der Waals surface area contributed by atoms with E-state index in [1.807, 2.05) is 0 Å². The molecule has 1 N–H and O–H groups in total. The smallest absolute Gasteiger partial charge is 0.0615 e. The summed E-state index contributed by atoms with van der Waals surface area (Å²) >= 11 is 0. The van der Waals surface area contributed by atoms with Crippen LogP contribution >= 0.6 is 0 Å². The lowest BCUT2D eigenvalue weighted by atomic mass is 10.1. The van der Waals surface area contributed by atoms with Crippen LogP contribution in [0.15, 0.2) is 0 Å². The number of hydrogen-bond acceptors (Lipinski definition) is 3. The molecule has 1 saturated carbocycles. The predicted octanol–water partition coefficient (Wildman–Crippen LogP) is 2.74. The van der Waals surface area contributed by atoms with Gasteiger partial charge in [-0.1, -0.05) is 6.92 Å². The van der Waals surface area contributed by atoms with Crippen LogP contribution in [0.1, 0.15) is 53.4 Å². The Hall–Kier alpha value is -0.120. The molecule has 1 rings (SSSR count). The van der Waals surface area contributed by atoms with Crippen molar-refractivity contribution in [3.05, 3.63) is 0 Å². The molecule has 0 saturated heterocycles. The average Bonchev–Trinajstić information content (AvgIpc) is 3.00. The van der Waals surface area contributed by atoms with Gasteiger partial charge in [-0.05, 0) is 59.5 Å². The molecule has 0 aliphatic heterocycles. The number of nitrogens with one attached hydrogen (secondary N) is 1. The third kappa shape index (κ3) is 7.74. The Morgan fingerprint density at radius 3 is 2.47 bits per heavy atom. The highest BCUT2D eigenvalue weighted by molar-refractivity contribution is 4.77. The van der Waals surface area contributed by atoms with Gasteiger partial charge in [0.2, 0.25) is 0 Å². The van der Waals surface area contributed by atoms with E-state index < -0.39 is 0 Å². The lowest BCUT2D eigenvalue weighted by Gasteiger charge is -2.23. The van der Waals surface area contributed by atoms with Crippen LogP contribution in [0.5, 0.6) is 0 Å². The first-order valence-electron chi connectivity index (χ1n) is 7.13. The van der Waals surface area contributed by atoms with Crippen molar-refractivity contribution in [2.45, 2.75) is 77.8 Å². The average molecular weight is 243 g/mol. The SMILES string of the molecule is CCNCC[C@@H](C[C@H](C)OC(C)C)OC1CC1. The van der Waals surface area contributed by atoms with Gasteiger partial charge in [0.15, 0.2) is 0 Å². The van der Waals surface area contributed by atoms with Crippen LogP contribution in [0.4, 0.5) is 0 Å². The van der Waals surface area contributed by atoms with Gasteiger partial charge in [-0.25, -0.2) is 0 Å². The van der Waals surface area contributed by atoms with Crippen molar-refractivity contribution < 1.29 is 9.47 Å². The van der Waals surface area contributed by atoms with Crippen LogP contribution in [0.25, 0.3) is 0 Å². The second kappa shape index (κ2) is 8.06. The van der Waals surface area contributed by atoms with Crippen molar-refractivity contribution in [1.29, 1.82) is 0 Å². The normalized spacial score (nSPS) is 19.6. The zero-order chi connectivity index (χ0) is 12.7. The highest BCUT2D eigenvalue weighted by atomic mass is 16.5. The Balaban J connectivity index is 2.22. The van der Waals surface area contributed by atoms with Crippen LogP contribution in [-0.4, -0.2) is 37.5 Å². The molecule has 1 aliphatic carbocycles. The Morgan fingerprint density at radius 1 is 1.24 bits per heavy atom. The van der Waals surface area contributed by atoms with E-state index in [0.29, 0.717) is 24.4 Å². The van der Waals surface area contributed by atoms with Gasteiger partial charge in [-0.3, -0.25) is 0 Å². The van der Waals surface area contributed by atoms with Gasteiger partial charge < -0.3 is 14.8 Å². The van der Waals surface area contributed by atoms with E-state index in [2.05, 4.69) is 33.0 Å². The highest BCUT2D eigenvalue weighted by Crippen LogP contribution is 2.27. The van der Waals surface area contributed by atoms with Gasteiger partial charge in [0.25, 0.3) is 0 Å². The van der Waals surface area contributed by atoms with Gasteiger partial charge >= 0.3 is 0 Å². The summed E-state index contributed by atoms with van der Waals surface area (Å²) in [6.07, 6.45) is 6.09. The van der Waals surface area contributed by atoms with Gasteiger partial charge in [0.1, 0.15) is 0 Å². The fraction of sp³-hybridized carbons (Fsp3) is 1.00. The fourth-order valence-electron chi connectivity index (χ4n) is 2.05. The minimum atomic E-state index is 0.292. The molecule has 17 heavy (non-hydrogen) atoms. The molecular formula is C14H29NO2. The highest BCUT2D eigenvalue weighted by Gasteiger charge is 2.27. The molecule has 1 fully saturated rings. The maximum absolute atomic E-state index is 6.04. The summed E-state index contributed by atoms with van der Waals surface area (Å²) in [5, 5.41) is 3.37. The van der Waals surface area contributed by atoms with Crippen molar-refractivity contribution in [3.63, 3.8) is 0 Å². The van der Waals surface area contributed by atoms with E-state index >= 15 is 0 Å². The minimum absolute atomic E-state index is 0.292. The van der Waals surface area contributed by atoms with Gasteiger partial charge in [-0.15, -0.1) is 0 Å². The molecule has 0 unspecified atom stereocenters. The fourth-order valence-corrected chi connectivity index (χ4v) is 2.05. The minimum Gasteiger partial charge on any atom is -0.376 e. The standard InChI is InChI=1S/C14H29NO2/c1-5-15-9-8-14(17-13-6-7-13)10-12(4)16-11(2)3/h11-15H,5-10H2,1-4H3/t12-,14-/m0/s1. The lowest BCUT2D eigenvalue weighted by molar-refractivity contribution is -0.0387. The Bertz CT molecular complexity index is 193. The molecule has 0 bridgehead atoms. The maximum Gasteiger partial charge on any atom is 0.0615 e. The third-order valence-corrected chi connectivity index (χ3v) is 2.90. The quantitative estimate of drug-likeness (QED) is 0.598. The molecule has 0 aromatic carbocycles. The van der Waals surface area contributed by atoms with E-state index in [1.165, 1.54) is 12.8 Å². The third-order valence-electron chi connectivity index (χ3n) is 2.90. The van der Waals surface area contributed by atoms with E-state index in [0.717, 1.165) is 25.9 Å². The summed E-state index contributed by atoms with van der Waals surface area (Å²) in [5.41, 5.74) is 0. The van der Waals surface area contributed by atoms with Crippen molar-refractivity contribution in [3.8, 4) is 0 Å². The first-order valence-corrected chi connectivity index (χ1v) is 7.13. The first kappa shape index (κ1) is 14.9. The monoisotopic (exact) mass is 243 g/mol. The molecule has 1 aliphatic rings. The maximum atomic E-state index is 6.04. The molecule has 102 valence electrons. The molecule has 0 spiro atoms. The van der Waals surface area contributed by atoms with Gasteiger partial charge in [-0.2, -0.15) is 0 Å². The number of ether oxygens (including phenoxy) is 2. The summed E-state index contributed by atoms with van der Waals surface area (Å²) in [5.74, 6) is 0. The van der Waals surface area contributed by atoms with Crippen LogP contribution in [0, 0.1) is 0 Å². The number of hydrogen-bond donors (Lipinski definition) is 1. The summed E-state index contributed by atoms with van der Waals surface area (Å²) in [4.78, 5) is 0. The Morgan fingerprint density at radius 2 is 1.94 bits per heavy atom. The van der Waals surface area contributed by atoms with E-state index in [-0.39, 0.29) is 0 Å². The zero-order valence-corrected chi connectivity index (χ0v) is 11.9. The van der Waals surface area contributed by atoms with Crippen LogP contribution in [-0.2, 0) is 9.47 Å². The van der Waals surface area contributed by atoms with E-state index in [4.69, 9.17) is 9.47 Å². The van der Waals surface area contributed by atoms with E-state index in [1.54, 1.807) is 0 Å². The summed E-state index contributed by atoms with van der Waals surface area (Å²) < 4.78 is 11.8. The predicted molar refractivity (Wildman–Crippen MR) is 71.4 cm³/mol.